The van der Waals surface area contributed by atoms with Crippen LogP contribution in [0, 0.1) is 5.82 Å². The number of carboxylic acid groups (broad SMARTS) is 1. The van der Waals surface area contributed by atoms with E-state index in [1.807, 2.05) is 54.8 Å². The molecule has 7 atom stereocenters. The Bertz CT molecular complexity index is 1870. The normalized spacial score (nSPS) is 21.2. The van der Waals surface area contributed by atoms with Gasteiger partial charge in [-0.3, -0.25) is 9.59 Å². The monoisotopic (exact) mass is 734 g/mol. The van der Waals surface area contributed by atoms with Crippen LogP contribution in [-0.2, 0) is 25.6 Å². The van der Waals surface area contributed by atoms with Crippen molar-refractivity contribution in [1.29, 1.82) is 0 Å². The number of halogens is 1. The number of aliphatic carboxylic acids is 1. The quantitative estimate of drug-likeness (QED) is 0.0931. The lowest BCUT2D eigenvalue weighted by molar-refractivity contribution is -0.286. The molecule has 53 heavy (non-hydrogen) atoms. The van der Waals surface area contributed by atoms with E-state index in [1.54, 1.807) is 36.4 Å². The molecule has 0 unspecified atom stereocenters. The Morgan fingerprint density at radius 3 is 2.08 bits per heavy atom. The molecule has 0 spiro atoms. The van der Waals surface area contributed by atoms with Crippen LogP contribution in [0.4, 0.5) is 10.1 Å². The fourth-order valence-electron chi connectivity index (χ4n) is 6.52. The zero-order valence-corrected chi connectivity index (χ0v) is 29.1. The number of aromatic nitrogens is 1. The number of benzene rings is 3. The van der Waals surface area contributed by atoms with Crippen LogP contribution in [-0.4, -0.2) is 96.0 Å². The topological polar surface area (TPSA) is 208 Å². The predicted molar refractivity (Wildman–Crippen MR) is 190 cm³/mol. The molecule has 13 nitrogen and oxygen atoms in total. The number of carbonyl (C=O) groups excluding carboxylic acids is 2. The average Bonchev–Trinajstić information content (AvgIpc) is 3.47. The number of nitrogens with one attached hydrogen (secondary N) is 1. The number of nitrogens with zero attached hydrogens (tertiary/aromatic N) is 1. The number of hydrogen-bond donors (Lipinski definition) is 7. The molecule has 1 aromatic heterocycles. The molecule has 7 N–H and O–H groups in total. The van der Waals surface area contributed by atoms with Gasteiger partial charge in [0.25, 0.3) is 5.91 Å². The van der Waals surface area contributed by atoms with Crippen LogP contribution in [0.3, 0.4) is 0 Å². The van der Waals surface area contributed by atoms with Gasteiger partial charge in [0.05, 0.1) is 29.9 Å². The second-order valence-electron chi connectivity index (χ2n) is 13.2. The maximum Gasteiger partial charge on any atom is 0.335 e. The van der Waals surface area contributed by atoms with Gasteiger partial charge >= 0.3 is 11.9 Å². The van der Waals surface area contributed by atoms with Crippen LogP contribution < -0.4 is 5.32 Å². The van der Waals surface area contributed by atoms with Crippen molar-refractivity contribution in [2.75, 3.05) is 5.32 Å². The molecular formula is C39H43FN2O11. The molecule has 1 fully saturated rings. The van der Waals surface area contributed by atoms with E-state index >= 15 is 0 Å². The molecule has 1 aliphatic heterocycles. The Labute approximate surface area is 304 Å². The summed E-state index contributed by atoms with van der Waals surface area (Å²) in [6, 6.07) is 24.2. The number of para-hydroxylation sites is 1. The minimum atomic E-state index is -1.98. The first-order valence-electron chi connectivity index (χ1n) is 17.2. The van der Waals surface area contributed by atoms with Crippen LogP contribution in [0.25, 0.3) is 22.4 Å². The second-order valence-corrected chi connectivity index (χ2v) is 13.2. The maximum atomic E-state index is 14.2. The van der Waals surface area contributed by atoms with Crippen molar-refractivity contribution in [3.8, 4) is 22.4 Å². The maximum absolute atomic E-state index is 14.2. The van der Waals surface area contributed by atoms with E-state index in [-0.39, 0.29) is 31.2 Å². The Hall–Kier alpha value is -4.96. The summed E-state index contributed by atoms with van der Waals surface area (Å²) in [6.45, 7) is 4.02. The SMILES string of the molecule is CC(C)c1c(C(=O)Nc2ccccc2)c(-c2ccccc2)c(-c2ccc(F)cc2)n1CC[C@@H](O)C[C@@H](O)CC(=O)O[C@H]1O[C@H](C(=O)O)[C@H](O)[C@H](O)[C@@H]1O. The predicted octanol–water partition coefficient (Wildman–Crippen LogP) is 3.66. The summed E-state index contributed by atoms with van der Waals surface area (Å²) < 4.78 is 26.0. The van der Waals surface area contributed by atoms with Gasteiger partial charge < -0.3 is 50.0 Å². The van der Waals surface area contributed by atoms with Gasteiger partial charge in [0.15, 0.2) is 6.10 Å². The molecule has 0 radical (unpaired) electrons. The Balaban J connectivity index is 1.41. The molecule has 3 aromatic carbocycles. The zero-order chi connectivity index (χ0) is 38.4. The first kappa shape index (κ1) is 39.3. The molecule has 2 heterocycles. The number of esters is 1. The number of amides is 1. The molecular weight excluding hydrogens is 691 g/mol. The van der Waals surface area contributed by atoms with E-state index in [2.05, 4.69) is 5.32 Å². The average molecular weight is 735 g/mol. The highest BCUT2D eigenvalue weighted by molar-refractivity contribution is 6.12. The third-order valence-corrected chi connectivity index (χ3v) is 8.98. The molecule has 282 valence electrons. The Morgan fingerprint density at radius 2 is 1.47 bits per heavy atom. The van der Waals surface area contributed by atoms with Crippen molar-refractivity contribution in [3.63, 3.8) is 0 Å². The number of anilines is 1. The van der Waals surface area contributed by atoms with Gasteiger partial charge in [0.1, 0.15) is 24.1 Å². The molecule has 0 saturated carbocycles. The summed E-state index contributed by atoms with van der Waals surface area (Å²) in [5.41, 5.74) is 4.24. The first-order chi connectivity index (χ1) is 25.3. The summed E-state index contributed by atoms with van der Waals surface area (Å²) in [7, 11) is 0. The van der Waals surface area contributed by atoms with Gasteiger partial charge in [-0.2, -0.15) is 0 Å². The van der Waals surface area contributed by atoms with Gasteiger partial charge in [-0.15, -0.1) is 0 Å². The van der Waals surface area contributed by atoms with Crippen LogP contribution in [0.5, 0.6) is 0 Å². The highest BCUT2D eigenvalue weighted by Crippen LogP contribution is 2.42. The van der Waals surface area contributed by atoms with E-state index < -0.39 is 67.1 Å². The summed E-state index contributed by atoms with van der Waals surface area (Å²) in [6.07, 6.45) is -13.4. The van der Waals surface area contributed by atoms with Gasteiger partial charge in [-0.05, 0) is 66.3 Å². The van der Waals surface area contributed by atoms with Crippen molar-refractivity contribution in [2.24, 2.45) is 0 Å². The summed E-state index contributed by atoms with van der Waals surface area (Å²) in [4.78, 5) is 38.2. The van der Waals surface area contributed by atoms with E-state index in [9.17, 15) is 49.4 Å². The van der Waals surface area contributed by atoms with Crippen LogP contribution in [0.15, 0.2) is 84.9 Å². The molecule has 1 amide bonds. The van der Waals surface area contributed by atoms with Crippen molar-refractivity contribution in [1.82, 2.24) is 4.57 Å². The molecule has 4 aromatic rings. The standard InChI is InChI=1S/C39H43FN2O11/c1-21(2)31-30(37(49)41-25-11-7-4-8-12-25)29(22-9-5-3-6-10-22)32(23-13-15-24(40)16-14-23)42(31)18-17-26(43)19-27(44)20-28(45)52-39-35(48)33(46)34(47)36(53-39)38(50)51/h3-16,21,26-27,33-36,39,43-44,46-48H,17-20H2,1-2H3,(H,41,49)(H,50,51)/t26-,27-,33+,34-,35+,36+,39+/m1/s1. The summed E-state index contributed by atoms with van der Waals surface area (Å²) >= 11 is 0. The number of rotatable bonds is 14. The van der Waals surface area contributed by atoms with E-state index in [0.29, 0.717) is 33.8 Å². The Morgan fingerprint density at radius 1 is 0.849 bits per heavy atom. The number of hydrogen-bond acceptors (Lipinski definition) is 10. The number of carboxylic acids is 1. The van der Waals surface area contributed by atoms with Crippen molar-refractivity contribution in [3.05, 3.63) is 102 Å². The lowest BCUT2D eigenvalue weighted by atomic mass is 9.94. The smallest absolute Gasteiger partial charge is 0.335 e. The molecule has 1 saturated heterocycles. The van der Waals surface area contributed by atoms with Gasteiger partial charge in [0.2, 0.25) is 6.29 Å². The number of carbonyl (C=O) groups is 3. The van der Waals surface area contributed by atoms with E-state index in [0.717, 1.165) is 5.56 Å². The fraction of sp³-hybridized carbons (Fsp3) is 0.359. The second kappa shape index (κ2) is 17.2. The fourth-order valence-corrected chi connectivity index (χ4v) is 6.52. The lowest BCUT2D eigenvalue weighted by Crippen LogP contribution is -2.60. The summed E-state index contributed by atoms with van der Waals surface area (Å²) in [5.74, 6) is -3.78. The molecule has 1 aliphatic rings. The third kappa shape index (κ3) is 9.16. The first-order valence-corrected chi connectivity index (χ1v) is 17.2. The molecule has 0 aliphatic carbocycles. The lowest BCUT2D eigenvalue weighted by Gasteiger charge is -2.38. The third-order valence-electron chi connectivity index (χ3n) is 8.98. The minimum absolute atomic E-state index is 0.0531. The molecule has 0 bridgehead atoms. The van der Waals surface area contributed by atoms with Gasteiger partial charge in [-0.1, -0.05) is 62.4 Å². The summed E-state index contributed by atoms with van der Waals surface area (Å²) in [5, 5.41) is 64.0. The largest absolute Gasteiger partial charge is 0.479 e. The number of ether oxygens (including phenoxy) is 2. The zero-order valence-electron chi connectivity index (χ0n) is 29.1. The number of aliphatic hydroxyl groups is 5. The van der Waals surface area contributed by atoms with Gasteiger partial charge in [0, 0.05) is 23.5 Å². The van der Waals surface area contributed by atoms with Gasteiger partial charge in [-0.25, -0.2) is 9.18 Å². The Kier molecular flexibility index (Phi) is 12.8. The van der Waals surface area contributed by atoms with Crippen molar-refractivity contribution < 1.29 is 58.9 Å². The van der Waals surface area contributed by atoms with E-state index in [1.165, 1.54) is 12.1 Å². The van der Waals surface area contributed by atoms with Crippen LogP contribution in [0.1, 0.15) is 55.1 Å². The minimum Gasteiger partial charge on any atom is -0.479 e. The number of aliphatic hydroxyl groups excluding tert-OH is 5. The van der Waals surface area contributed by atoms with Crippen molar-refractivity contribution >= 4 is 23.5 Å². The van der Waals surface area contributed by atoms with Crippen molar-refractivity contribution in [2.45, 2.75) is 88.5 Å². The van der Waals surface area contributed by atoms with Crippen LogP contribution >= 0.6 is 0 Å². The highest BCUT2D eigenvalue weighted by Gasteiger charge is 2.48. The van der Waals surface area contributed by atoms with Crippen LogP contribution in [0.2, 0.25) is 0 Å². The molecule has 14 heteroatoms. The highest BCUT2D eigenvalue weighted by atomic mass is 19.1. The molecule has 5 rings (SSSR count). The van der Waals surface area contributed by atoms with E-state index in [4.69, 9.17) is 9.47 Å².